The third-order valence-corrected chi connectivity index (χ3v) is 4.23. The highest BCUT2D eigenvalue weighted by Gasteiger charge is 2.31. The average Bonchev–Trinajstić information content (AvgIpc) is 3.10. The van der Waals surface area contributed by atoms with Gasteiger partial charge in [-0.1, -0.05) is 6.07 Å². The molecular formula is C15H22ClN3O. The molecule has 1 N–H and O–H groups in total. The van der Waals surface area contributed by atoms with Gasteiger partial charge in [-0.3, -0.25) is 9.78 Å². The molecule has 0 spiro atoms. The molecule has 2 unspecified atom stereocenters. The molecule has 2 fully saturated rings. The Morgan fingerprint density at radius 1 is 1.40 bits per heavy atom. The minimum atomic E-state index is 0. The van der Waals surface area contributed by atoms with Gasteiger partial charge >= 0.3 is 0 Å². The van der Waals surface area contributed by atoms with E-state index in [0.29, 0.717) is 18.4 Å². The van der Waals surface area contributed by atoms with Crippen molar-refractivity contribution in [3.05, 3.63) is 30.1 Å². The molecule has 1 aromatic heterocycles. The zero-order valence-corrected chi connectivity index (χ0v) is 12.4. The largest absolute Gasteiger partial charge is 0.336 e. The molecule has 0 radical (unpaired) electrons. The van der Waals surface area contributed by atoms with Gasteiger partial charge in [-0.05, 0) is 43.9 Å². The quantitative estimate of drug-likeness (QED) is 0.931. The fraction of sp³-hybridized carbons (Fsp3) is 0.600. The first-order valence-electron chi connectivity index (χ1n) is 7.27. The molecule has 0 aromatic carbocycles. The monoisotopic (exact) mass is 295 g/mol. The molecule has 2 saturated heterocycles. The van der Waals surface area contributed by atoms with Crippen LogP contribution in [0.15, 0.2) is 24.5 Å². The molecule has 0 bridgehead atoms. The molecule has 3 rings (SSSR count). The predicted molar refractivity (Wildman–Crippen MR) is 80.8 cm³/mol. The minimum absolute atomic E-state index is 0. The molecular weight excluding hydrogens is 274 g/mol. The highest BCUT2D eigenvalue weighted by Crippen LogP contribution is 2.32. The third-order valence-electron chi connectivity index (χ3n) is 4.23. The summed E-state index contributed by atoms with van der Waals surface area (Å²) in [5.74, 6) is 0.297. The van der Waals surface area contributed by atoms with Gasteiger partial charge in [-0.2, -0.15) is 0 Å². The van der Waals surface area contributed by atoms with Crippen molar-refractivity contribution in [1.29, 1.82) is 0 Å². The molecule has 20 heavy (non-hydrogen) atoms. The predicted octanol–water partition coefficient (Wildman–Crippen LogP) is 2.31. The number of amides is 1. The van der Waals surface area contributed by atoms with Gasteiger partial charge in [0.25, 0.3) is 0 Å². The number of rotatable bonds is 3. The molecule has 2 aliphatic rings. The normalized spacial score (nSPS) is 25.5. The van der Waals surface area contributed by atoms with Crippen LogP contribution in [0.2, 0.25) is 0 Å². The first-order valence-corrected chi connectivity index (χ1v) is 7.27. The first kappa shape index (κ1) is 15.3. The zero-order chi connectivity index (χ0) is 13.1. The third kappa shape index (κ3) is 3.30. The van der Waals surface area contributed by atoms with E-state index in [0.717, 1.165) is 32.4 Å². The molecule has 3 heterocycles. The van der Waals surface area contributed by atoms with Crippen LogP contribution >= 0.6 is 12.4 Å². The van der Waals surface area contributed by atoms with Crippen molar-refractivity contribution < 1.29 is 4.79 Å². The van der Waals surface area contributed by atoms with Gasteiger partial charge in [-0.15, -0.1) is 12.4 Å². The van der Waals surface area contributed by atoms with E-state index >= 15 is 0 Å². The number of likely N-dealkylation sites (tertiary alicyclic amines) is 1. The van der Waals surface area contributed by atoms with Crippen LogP contribution < -0.4 is 5.32 Å². The van der Waals surface area contributed by atoms with Gasteiger partial charge in [0.1, 0.15) is 0 Å². The van der Waals surface area contributed by atoms with Gasteiger partial charge in [0.05, 0.1) is 6.04 Å². The van der Waals surface area contributed by atoms with E-state index in [2.05, 4.69) is 21.3 Å². The highest BCUT2D eigenvalue weighted by atomic mass is 35.5. The lowest BCUT2D eigenvalue weighted by Crippen LogP contribution is -2.35. The van der Waals surface area contributed by atoms with Crippen LogP contribution in [0.25, 0.3) is 0 Å². The standard InChI is InChI=1S/C15H21N3O.ClH/c19-15(10-13-5-2-8-17-13)18-9-3-6-14(18)12-4-1-7-16-11-12;/h1,4,7,11,13-14,17H,2-3,5-6,8-10H2;1H. The second kappa shape index (κ2) is 7.04. The highest BCUT2D eigenvalue weighted by molar-refractivity contribution is 5.85. The molecule has 1 amide bonds. The molecule has 110 valence electrons. The maximum atomic E-state index is 12.5. The lowest BCUT2D eigenvalue weighted by atomic mass is 10.1. The van der Waals surface area contributed by atoms with Crippen molar-refractivity contribution in [2.24, 2.45) is 0 Å². The van der Waals surface area contributed by atoms with Crippen molar-refractivity contribution in [2.45, 2.75) is 44.2 Å². The first-order chi connectivity index (χ1) is 9.34. The van der Waals surface area contributed by atoms with E-state index in [1.165, 1.54) is 12.0 Å². The van der Waals surface area contributed by atoms with E-state index in [-0.39, 0.29) is 18.4 Å². The summed E-state index contributed by atoms with van der Waals surface area (Å²) in [4.78, 5) is 18.7. The Labute approximate surface area is 126 Å². The van der Waals surface area contributed by atoms with Crippen molar-refractivity contribution in [2.75, 3.05) is 13.1 Å². The Kier molecular flexibility index (Phi) is 5.38. The van der Waals surface area contributed by atoms with Crippen molar-refractivity contribution in [3.63, 3.8) is 0 Å². The molecule has 2 aliphatic heterocycles. The van der Waals surface area contributed by atoms with Gasteiger partial charge in [0.15, 0.2) is 0 Å². The zero-order valence-electron chi connectivity index (χ0n) is 11.6. The van der Waals surface area contributed by atoms with Crippen LogP contribution in [-0.2, 0) is 4.79 Å². The summed E-state index contributed by atoms with van der Waals surface area (Å²) in [5.41, 5.74) is 1.17. The lowest BCUT2D eigenvalue weighted by molar-refractivity contribution is -0.132. The Bertz CT molecular complexity index is 434. The van der Waals surface area contributed by atoms with Crippen molar-refractivity contribution >= 4 is 18.3 Å². The number of pyridine rings is 1. The van der Waals surface area contributed by atoms with E-state index in [9.17, 15) is 4.79 Å². The van der Waals surface area contributed by atoms with Gasteiger partial charge in [-0.25, -0.2) is 0 Å². The second-order valence-corrected chi connectivity index (χ2v) is 5.53. The molecule has 4 nitrogen and oxygen atoms in total. The van der Waals surface area contributed by atoms with Gasteiger partial charge in [0.2, 0.25) is 5.91 Å². The van der Waals surface area contributed by atoms with Gasteiger partial charge < -0.3 is 10.2 Å². The Morgan fingerprint density at radius 3 is 3.00 bits per heavy atom. The Hall–Kier alpha value is -1.13. The van der Waals surface area contributed by atoms with E-state index < -0.39 is 0 Å². The molecule has 2 atom stereocenters. The van der Waals surface area contributed by atoms with Crippen LogP contribution in [0.3, 0.4) is 0 Å². The summed E-state index contributed by atoms with van der Waals surface area (Å²) in [6.45, 7) is 1.95. The summed E-state index contributed by atoms with van der Waals surface area (Å²) < 4.78 is 0. The number of carbonyl (C=O) groups is 1. The fourth-order valence-electron chi connectivity index (χ4n) is 3.24. The molecule has 5 heteroatoms. The summed E-state index contributed by atoms with van der Waals surface area (Å²) in [6.07, 6.45) is 8.83. The van der Waals surface area contributed by atoms with E-state index in [4.69, 9.17) is 0 Å². The summed E-state index contributed by atoms with van der Waals surface area (Å²) in [5, 5.41) is 3.41. The number of halogens is 1. The molecule has 1 aromatic rings. The number of aromatic nitrogens is 1. The van der Waals surface area contributed by atoms with Crippen molar-refractivity contribution in [3.8, 4) is 0 Å². The number of hydrogen-bond donors (Lipinski definition) is 1. The summed E-state index contributed by atoms with van der Waals surface area (Å²) >= 11 is 0. The van der Waals surface area contributed by atoms with Crippen LogP contribution in [0, 0.1) is 0 Å². The lowest BCUT2D eigenvalue weighted by Gasteiger charge is -2.26. The summed E-state index contributed by atoms with van der Waals surface area (Å²) in [7, 11) is 0. The van der Waals surface area contributed by atoms with E-state index in [1.54, 1.807) is 6.20 Å². The van der Waals surface area contributed by atoms with Crippen LogP contribution in [0.4, 0.5) is 0 Å². The van der Waals surface area contributed by atoms with Crippen LogP contribution in [0.5, 0.6) is 0 Å². The molecule has 0 saturated carbocycles. The van der Waals surface area contributed by atoms with Crippen molar-refractivity contribution in [1.82, 2.24) is 15.2 Å². The van der Waals surface area contributed by atoms with Crippen LogP contribution in [-0.4, -0.2) is 34.9 Å². The molecule has 0 aliphatic carbocycles. The smallest absolute Gasteiger partial charge is 0.224 e. The van der Waals surface area contributed by atoms with Gasteiger partial charge in [0, 0.05) is 31.4 Å². The van der Waals surface area contributed by atoms with Crippen LogP contribution in [0.1, 0.15) is 43.7 Å². The Balaban J connectivity index is 0.00000147. The number of hydrogen-bond acceptors (Lipinski definition) is 3. The summed E-state index contributed by atoms with van der Waals surface area (Å²) in [6, 6.07) is 4.66. The maximum absolute atomic E-state index is 12.5. The number of carbonyl (C=O) groups excluding carboxylic acids is 1. The fourth-order valence-corrected chi connectivity index (χ4v) is 3.24. The maximum Gasteiger partial charge on any atom is 0.224 e. The SMILES string of the molecule is Cl.O=C(CC1CCCN1)N1CCCC1c1cccnc1. The Morgan fingerprint density at radius 2 is 2.30 bits per heavy atom. The topological polar surface area (TPSA) is 45.2 Å². The second-order valence-electron chi connectivity index (χ2n) is 5.53. The van der Waals surface area contributed by atoms with E-state index in [1.807, 2.05) is 12.3 Å². The number of nitrogens with one attached hydrogen (secondary N) is 1. The average molecular weight is 296 g/mol. The number of nitrogens with zero attached hydrogens (tertiary/aromatic N) is 2. The minimum Gasteiger partial charge on any atom is -0.336 e.